The standard InChI is InChI=1S/C31H34ClN3O3/c1-34(2)29(36)21-23-6-3-9-28-27(23)20-22(26-8-4-16-33-30(26)38-28)7-5-17-35-18-14-31(37,15-19-35)24-10-12-25(32)13-11-24/h3-4,6-13,16,37H,5,14-15,17-21H2,1-2H3/b22-7-. The maximum atomic E-state index is 12.5. The van der Waals surface area contributed by atoms with Crippen LogP contribution in [0.1, 0.15) is 41.5 Å². The first-order valence-electron chi connectivity index (χ1n) is 13.2. The third-order valence-electron chi connectivity index (χ3n) is 7.66. The number of halogens is 1. The minimum atomic E-state index is -0.799. The Morgan fingerprint density at radius 1 is 1.13 bits per heavy atom. The molecule has 0 aliphatic carbocycles. The molecule has 0 bridgehead atoms. The van der Waals surface area contributed by atoms with Gasteiger partial charge in [0.25, 0.3) is 0 Å². The summed E-state index contributed by atoms with van der Waals surface area (Å²) in [6, 6.07) is 17.4. The molecule has 1 saturated heterocycles. The number of nitrogens with zero attached hydrogens (tertiary/aromatic N) is 3. The first-order valence-corrected chi connectivity index (χ1v) is 13.5. The van der Waals surface area contributed by atoms with Crippen molar-refractivity contribution in [3.8, 4) is 11.6 Å². The summed E-state index contributed by atoms with van der Waals surface area (Å²) in [7, 11) is 3.56. The fraction of sp³-hybridized carbons (Fsp3) is 0.355. The van der Waals surface area contributed by atoms with Crippen molar-refractivity contribution in [2.75, 3.05) is 33.7 Å². The van der Waals surface area contributed by atoms with Crippen LogP contribution in [0.4, 0.5) is 0 Å². The highest BCUT2D eigenvalue weighted by atomic mass is 35.5. The van der Waals surface area contributed by atoms with Gasteiger partial charge in [-0.3, -0.25) is 4.79 Å². The van der Waals surface area contributed by atoms with Gasteiger partial charge in [0.1, 0.15) is 5.75 Å². The first kappa shape index (κ1) is 26.4. The van der Waals surface area contributed by atoms with Crippen LogP contribution in [-0.4, -0.2) is 59.5 Å². The highest BCUT2D eigenvalue weighted by Crippen LogP contribution is 2.39. The number of carbonyl (C=O) groups is 1. The number of piperidine rings is 1. The summed E-state index contributed by atoms with van der Waals surface area (Å²) in [5, 5.41) is 11.9. The second-order valence-electron chi connectivity index (χ2n) is 10.4. The number of aliphatic hydroxyl groups is 1. The van der Waals surface area contributed by atoms with Gasteiger partial charge in [-0.25, -0.2) is 4.98 Å². The number of carbonyl (C=O) groups excluding carboxylic acids is 1. The maximum Gasteiger partial charge on any atom is 0.226 e. The minimum absolute atomic E-state index is 0.0625. The van der Waals surface area contributed by atoms with Crippen LogP contribution >= 0.6 is 11.6 Å². The molecule has 38 heavy (non-hydrogen) atoms. The zero-order valence-electron chi connectivity index (χ0n) is 22.0. The van der Waals surface area contributed by atoms with Crippen molar-refractivity contribution in [1.82, 2.24) is 14.8 Å². The van der Waals surface area contributed by atoms with E-state index in [1.807, 2.05) is 48.5 Å². The van der Waals surface area contributed by atoms with Crippen LogP contribution in [0.15, 0.2) is 66.9 Å². The van der Waals surface area contributed by atoms with E-state index >= 15 is 0 Å². The molecular weight excluding hydrogens is 498 g/mol. The molecule has 0 radical (unpaired) electrons. The van der Waals surface area contributed by atoms with Gasteiger partial charge in [0.2, 0.25) is 11.8 Å². The lowest BCUT2D eigenvalue weighted by molar-refractivity contribution is -0.127. The van der Waals surface area contributed by atoms with Crippen molar-refractivity contribution in [3.63, 3.8) is 0 Å². The minimum Gasteiger partial charge on any atom is -0.438 e. The molecule has 1 fully saturated rings. The molecule has 3 heterocycles. The molecule has 2 aliphatic heterocycles. The summed E-state index contributed by atoms with van der Waals surface area (Å²) in [5.74, 6) is 1.42. The highest BCUT2D eigenvalue weighted by molar-refractivity contribution is 6.30. The number of rotatable bonds is 6. The van der Waals surface area contributed by atoms with E-state index in [0.29, 0.717) is 36.6 Å². The quantitative estimate of drug-likeness (QED) is 0.457. The van der Waals surface area contributed by atoms with Gasteiger partial charge in [0.15, 0.2) is 0 Å². The topological polar surface area (TPSA) is 65.9 Å². The van der Waals surface area contributed by atoms with Crippen LogP contribution in [0.2, 0.25) is 5.02 Å². The molecule has 2 aliphatic rings. The summed E-state index contributed by atoms with van der Waals surface area (Å²) >= 11 is 6.03. The zero-order valence-corrected chi connectivity index (χ0v) is 22.7. The summed E-state index contributed by atoms with van der Waals surface area (Å²) in [4.78, 5) is 21.1. The number of hydrogen-bond donors (Lipinski definition) is 1. The number of likely N-dealkylation sites (N-methyl/N-ethyl adjacent to an activating group) is 1. The van der Waals surface area contributed by atoms with Gasteiger partial charge in [0, 0.05) is 62.5 Å². The fourth-order valence-electron chi connectivity index (χ4n) is 5.30. The van der Waals surface area contributed by atoms with E-state index in [4.69, 9.17) is 16.3 Å². The lowest BCUT2D eigenvalue weighted by Crippen LogP contribution is -2.42. The van der Waals surface area contributed by atoms with Gasteiger partial charge in [-0.05, 0) is 66.3 Å². The second-order valence-corrected chi connectivity index (χ2v) is 10.8. The molecular formula is C31H34ClN3O3. The van der Waals surface area contributed by atoms with Crippen LogP contribution in [0, 0.1) is 0 Å². The van der Waals surface area contributed by atoms with E-state index in [-0.39, 0.29) is 5.91 Å². The average Bonchev–Trinajstić information content (AvgIpc) is 3.07. The van der Waals surface area contributed by atoms with Gasteiger partial charge in [0.05, 0.1) is 12.0 Å². The van der Waals surface area contributed by atoms with E-state index in [1.165, 1.54) is 0 Å². The van der Waals surface area contributed by atoms with E-state index in [2.05, 4.69) is 22.0 Å². The number of fused-ring (bicyclic) bond motifs is 2. The summed E-state index contributed by atoms with van der Waals surface area (Å²) < 4.78 is 6.26. The molecule has 0 saturated carbocycles. The number of ether oxygens (including phenoxy) is 1. The fourth-order valence-corrected chi connectivity index (χ4v) is 5.43. The van der Waals surface area contributed by atoms with Crippen LogP contribution in [-0.2, 0) is 23.2 Å². The molecule has 2 aromatic carbocycles. The lowest BCUT2D eigenvalue weighted by Gasteiger charge is -2.38. The number of amides is 1. The van der Waals surface area contributed by atoms with Crippen LogP contribution in [0.5, 0.6) is 11.6 Å². The SMILES string of the molecule is CN(C)C(=O)Cc1cccc2c1C/C(=C/CCN1CCC(O)(c3ccc(Cl)cc3)CC1)c1cccnc1O2. The molecule has 1 N–H and O–H groups in total. The Kier molecular flexibility index (Phi) is 7.84. The molecule has 198 valence electrons. The maximum absolute atomic E-state index is 12.5. The molecule has 7 heteroatoms. The number of likely N-dealkylation sites (tertiary alicyclic amines) is 1. The lowest BCUT2D eigenvalue weighted by atomic mass is 9.84. The number of aromatic nitrogens is 1. The smallest absolute Gasteiger partial charge is 0.226 e. The second kappa shape index (κ2) is 11.3. The van der Waals surface area contributed by atoms with Crippen molar-refractivity contribution in [2.24, 2.45) is 0 Å². The number of benzene rings is 2. The van der Waals surface area contributed by atoms with Gasteiger partial charge in [-0.2, -0.15) is 0 Å². The third-order valence-corrected chi connectivity index (χ3v) is 7.91. The molecule has 0 spiro atoms. The molecule has 5 rings (SSSR count). The molecule has 0 unspecified atom stereocenters. The first-order chi connectivity index (χ1) is 18.3. The van der Waals surface area contributed by atoms with Crippen molar-refractivity contribution >= 4 is 23.1 Å². The number of pyridine rings is 1. The van der Waals surface area contributed by atoms with E-state index in [0.717, 1.165) is 59.6 Å². The van der Waals surface area contributed by atoms with Crippen LogP contribution < -0.4 is 4.74 Å². The van der Waals surface area contributed by atoms with E-state index < -0.39 is 5.60 Å². The molecule has 6 nitrogen and oxygen atoms in total. The summed E-state index contributed by atoms with van der Waals surface area (Å²) in [6.07, 6.45) is 7.31. The van der Waals surface area contributed by atoms with Gasteiger partial charge in [-0.1, -0.05) is 41.9 Å². The number of allylic oxidation sites excluding steroid dienone is 1. The Bertz CT molecular complexity index is 1330. The van der Waals surface area contributed by atoms with Crippen molar-refractivity contribution < 1.29 is 14.6 Å². The van der Waals surface area contributed by atoms with Crippen molar-refractivity contribution in [3.05, 3.63) is 94.1 Å². The van der Waals surface area contributed by atoms with Crippen LogP contribution in [0.25, 0.3) is 5.57 Å². The van der Waals surface area contributed by atoms with Gasteiger partial charge >= 0.3 is 0 Å². The summed E-state index contributed by atoms with van der Waals surface area (Å²) in [6.45, 7) is 2.58. The zero-order chi connectivity index (χ0) is 26.7. The Hall–Kier alpha value is -3.19. The summed E-state index contributed by atoms with van der Waals surface area (Å²) in [5.41, 5.74) is 4.31. The molecule has 0 atom stereocenters. The van der Waals surface area contributed by atoms with Crippen LogP contribution in [0.3, 0.4) is 0 Å². The number of hydrogen-bond acceptors (Lipinski definition) is 5. The Morgan fingerprint density at radius 3 is 2.63 bits per heavy atom. The third kappa shape index (κ3) is 5.78. The Morgan fingerprint density at radius 2 is 1.89 bits per heavy atom. The van der Waals surface area contributed by atoms with E-state index in [1.54, 1.807) is 25.2 Å². The largest absolute Gasteiger partial charge is 0.438 e. The predicted molar refractivity (Wildman–Crippen MR) is 150 cm³/mol. The van der Waals surface area contributed by atoms with Crippen molar-refractivity contribution in [2.45, 2.75) is 37.7 Å². The normalized spacial score (nSPS) is 17.7. The van der Waals surface area contributed by atoms with Crippen molar-refractivity contribution in [1.29, 1.82) is 0 Å². The van der Waals surface area contributed by atoms with Gasteiger partial charge < -0.3 is 19.6 Å². The van der Waals surface area contributed by atoms with E-state index in [9.17, 15) is 9.90 Å². The monoisotopic (exact) mass is 531 g/mol. The Balaban J connectivity index is 1.30. The van der Waals surface area contributed by atoms with Gasteiger partial charge in [-0.15, -0.1) is 0 Å². The highest BCUT2D eigenvalue weighted by Gasteiger charge is 2.33. The average molecular weight is 532 g/mol. The molecule has 1 aromatic heterocycles. The predicted octanol–water partition coefficient (Wildman–Crippen LogP) is 5.47. The Labute approximate surface area is 229 Å². The molecule has 1 amide bonds. The molecule has 3 aromatic rings.